The summed E-state index contributed by atoms with van der Waals surface area (Å²) in [6.45, 7) is 2.25. The minimum atomic E-state index is -0.344. The van der Waals surface area contributed by atoms with Gasteiger partial charge in [-0.05, 0) is 48.9 Å². The van der Waals surface area contributed by atoms with Gasteiger partial charge in [0.1, 0.15) is 5.82 Å². The monoisotopic (exact) mass is 289 g/mol. The molecule has 104 valence electrons. The van der Waals surface area contributed by atoms with Crippen LogP contribution in [0.4, 0.5) is 10.1 Å². The largest absolute Gasteiger partial charge is 0.322 e. The van der Waals surface area contributed by atoms with Crippen molar-refractivity contribution in [1.29, 1.82) is 0 Å². The normalized spacial score (nSPS) is 17.6. The first-order valence-electron chi connectivity index (χ1n) is 6.79. The van der Waals surface area contributed by atoms with Crippen LogP contribution in [0.3, 0.4) is 0 Å². The van der Waals surface area contributed by atoms with E-state index >= 15 is 0 Å². The van der Waals surface area contributed by atoms with Crippen molar-refractivity contribution >= 4 is 22.9 Å². The molecule has 0 saturated heterocycles. The average Bonchev–Trinajstić information content (AvgIpc) is 2.81. The molecule has 0 fully saturated rings. The molecule has 1 aliphatic carbocycles. The molecule has 1 amide bonds. The van der Waals surface area contributed by atoms with E-state index in [1.165, 1.54) is 22.6 Å². The van der Waals surface area contributed by atoms with Gasteiger partial charge in [-0.2, -0.15) is 0 Å². The highest BCUT2D eigenvalue weighted by molar-refractivity contribution is 7.10. The second-order valence-corrected chi connectivity index (χ2v) is 6.33. The Morgan fingerprint density at radius 3 is 3.10 bits per heavy atom. The molecule has 0 bridgehead atoms. The zero-order valence-corrected chi connectivity index (χ0v) is 12.1. The number of carbonyl (C=O) groups is 1. The number of hydrogen-bond donors (Lipinski definition) is 1. The van der Waals surface area contributed by atoms with Crippen LogP contribution in [0.1, 0.15) is 34.1 Å². The van der Waals surface area contributed by atoms with Gasteiger partial charge in [0.05, 0.1) is 5.56 Å². The van der Waals surface area contributed by atoms with E-state index in [2.05, 4.69) is 12.2 Å². The van der Waals surface area contributed by atoms with Crippen LogP contribution in [0.25, 0.3) is 0 Å². The van der Waals surface area contributed by atoms with Crippen LogP contribution in [0.2, 0.25) is 0 Å². The van der Waals surface area contributed by atoms with E-state index < -0.39 is 0 Å². The van der Waals surface area contributed by atoms with Gasteiger partial charge < -0.3 is 5.32 Å². The van der Waals surface area contributed by atoms with Crippen molar-refractivity contribution < 1.29 is 9.18 Å². The maximum atomic E-state index is 13.1. The molecule has 1 unspecified atom stereocenters. The van der Waals surface area contributed by atoms with Gasteiger partial charge in [-0.25, -0.2) is 4.39 Å². The Morgan fingerprint density at radius 1 is 1.45 bits per heavy atom. The summed E-state index contributed by atoms with van der Waals surface area (Å²) in [6.07, 6.45) is 3.16. The van der Waals surface area contributed by atoms with Gasteiger partial charge in [0.25, 0.3) is 5.91 Å². The topological polar surface area (TPSA) is 29.1 Å². The SMILES string of the molecule is CC1CCc2c(C(=O)Nc3cccc(F)c3)csc2C1. The van der Waals surface area contributed by atoms with E-state index in [0.717, 1.165) is 24.8 Å². The van der Waals surface area contributed by atoms with Crippen LogP contribution in [0.15, 0.2) is 29.6 Å². The molecule has 0 radical (unpaired) electrons. The summed E-state index contributed by atoms with van der Waals surface area (Å²) in [5.41, 5.74) is 2.43. The number of halogens is 1. The molecule has 4 heteroatoms. The fourth-order valence-electron chi connectivity index (χ4n) is 2.63. The fourth-order valence-corrected chi connectivity index (χ4v) is 3.88. The second kappa shape index (κ2) is 5.37. The van der Waals surface area contributed by atoms with Gasteiger partial charge in [0, 0.05) is 15.9 Å². The Bertz CT molecular complexity index is 650. The summed E-state index contributed by atoms with van der Waals surface area (Å²) in [6, 6.07) is 5.99. The lowest BCUT2D eigenvalue weighted by Gasteiger charge is -2.18. The highest BCUT2D eigenvalue weighted by Gasteiger charge is 2.23. The van der Waals surface area contributed by atoms with Crippen LogP contribution in [-0.2, 0) is 12.8 Å². The van der Waals surface area contributed by atoms with Crippen LogP contribution < -0.4 is 5.32 Å². The van der Waals surface area contributed by atoms with Crippen molar-refractivity contribution in [2.75, 3.05) is 5.32 Å². The number of fused-ring (bicyclic) bond motifs is 1. The van der Waals surface area contributed by atoms with E-state index in [0.29, 0.717) is 11.6 Å². The number of amides is 1. The zero-order chi connectivity index (χ0) is 14.1. The first-order chi connectivity index (χ1) is 9.63. The quantitative estimate of drug-likeness (QED) is 0.879. The van der Waals surface area contributed by atoms with Crippen molar-refractivity contribution in [1.82, 2.24) is 0 Å². The summed E-state index contributed by atoms with van der Waals surface area (Å²) in [5.74, 6) is 0.215. The Hall–Kier alpha value is -1.68. The molecule has 0 aliphatic heterocycles. The minimum Gasteiger partial charge on any atom is -0.322 e. The van der Waals surface area contributed by atoms with Gasteiger partial charge in [0.2, 0.25) is 0 Å². The molecule has 0 spiro atoms. The van der Waals surface area contributed by atoms with Gasteiger partial charge in [0.15, 0.2) is 0 Å². The number of anilines is 1. The van der Waals surface area contributed by atoms with Gasteiger partial charge >= 0.3 is 0 Å². The van der Waals surface area contributed by atoms with E-state index in [9.17, 15) is 9.18 Å². The summed E-state index contributed by atoms with van der Waals surface area (Å²) in [7, 11) is 0. The van der Waals surface area contributed by atoms with Gasteiger partial charge in [-0.1, -0.05) is 13.0 Å². The summed E-state index contributed by atoms with van der Waals surface area (Å²) < 4.78 is 13.1. The predicted octanol–water partition coefficient (Wildman–Crippen LogP) is 4.26. The summed E-state index contributed by atoms with van der Waals surface area (Å²) in [4.78, 5) is 13.6. The van der Waals surface area contributed by atoms with Crippen molar-refractivity contribution in [3.05, 3.63) is 51.5 Å². The van der Waals surface area contributed by atoms with E-state index in [1.54, 1.807) is 23.5 Å². The molecule has 1 aliphatic rings. The molecule has 1 atom stereocenters. The first-order valence-corrected chi connectivity index (χ1v) is 7.67. The maximum Gasteiger partial charge on any atom is 0.256 e. The highest BCUT2D eigenvalue weighted by Crippen LogP contribution is 2.33. The highest BCUT2D eigenvalue weighted by atomic mass is 32.1. The lowest BCUT2D eigenvalue weighted by molar-refractivity contribution is 0.102. The average molecular weight is 289 g/mol. The number of nitrogens with one attached hydrogen (secondary N) is 1. The lowest BCUT2D eigenvalue weighted by Crippen LogP contribution is -2.16. The van der Waals surface area contributed by atoms with Crippen LogP contribution in [0, 0.1) is 11.7 Å². The number of thiophene rings is 1. The molecular weight excluding hydrogens is 273 g/mol. The molecule has 0 saturated carbocycles. The first kappa shape index (κ1) is 13.3. The van der Waals surface area contributed by atoms with E-state index in [1.807, 2.05) is 5.38 Å². The number of carbonyl (C=O) groups excluding carboxylic acids is 1. The molecule has 1 N–H and O–H groups in total. The number of hydrogen-bond acceptors (Lipinski definition) is 2. The van der Waals surface area contributed by atoms with Crippen molar-refractivity contribution in [2.45, 2.75) is 26.2 Å². The van der Waals surface area contributed by atoms with Crippen LogP contribution >= 0.6 is 11.3 Å². The standard InChI is InChI=1S/C16H16FNOS/c1-10-5-6-13-14(9-20-15(13)7-10)16(19)18-12-4-2-3-11(17)8-12/h2-4,8-10H,5-7H2,1H3,(H,18,19). The maximum absolute atomic E-state index is 13.1. The number of rotatable bonds is 2. The Labute approximate surface area is 121 Å². The molecule has 20 heavy (non-hydrogen) atoms. The zero-order valence-electron chi connectivity index (χ0n) is 11.3. The molecular formula is C16H16FNOS. The summed E-state index contributed by atoms with van der Waals surface area (Å²) >= 11 is 1.66. The van der Waals surface area contributed by atoms with Gasteiger partial charge in [-0.15, -0.1) is 11.3 Å². The minimum absolute atomic E-state index is 0.136. The third kappa shape index (κ3) is 2.61. The summed E-state index contributed by atoms with van der Waals surface area (Å²) in [5, 5.41) is 4.70. The Morgan fingerprint density at radius 2 is 2.30 bits per heavy atom. The molecule has 3 rings (SSSR count). The van der Waals surface area contributed by atoms with Gasteiger partial charge in [-0.3, -0.25) is 4.79 Å². The number of benzene rings is 1. The second-order valence-electron chi connectivity index (χ2n) is 5.36. The Kier molecular flexibility index (Phi) is 3.57. The van der Waals surface area contributed by atoms with E-state index in [4.69, 9.17) is 0 Å². The van der Waals surface area contributed by atoms with Crippen LogP contribution in [0.5, 0.6) is 0 Å². The lowest BCUT2D eigenvalue weighted by atomic mass is 9.88. The molecule has 1 aromatic heterocycles. The Balaban J connectivity index is 1.81. The van der Waals surface area contributed by atoms with Crippen molar-refractivity contribution in [3.63, 3.8) is 0 Å². The van der Waals surface area contributed by atoms with E-state index in [-0.39, 0.29) is 11.7 Å². The fraction of sp³-hybridized carbons (Fsp3) is 0.312. The molecule has 2 nitrogen and oxygen atoms in total. The predicted molar refractivity (Wildman–Crippen MR) is 79.9 cm³/mol. The third-order valence-corrected chi connectivity index (χ3v) is 4.78. The molecule has 2 aromatic rings. The van der Waals surface area contributed by atoms with Crippen molar-refractivity contribution in [2.24, 2.45) is 5.92 Å². The molecule has 1 heterocycles. The van der Waals surface area contributed by atoms with Crippen molar-refractivity contribution in [3.8, 4) is 0 Å². The third-order valence-electron chi connectivity index (χ3n) is 3.73. The molecule has 1 aromatic carbocycles. The van der Waals surface area contributed by atoms with Crippen LogP contribution in [-0.4, -0.2) is 5.91 Å². The smallest absolute Gasteiger partial charge is 0.256 e.